The highest BCUT2D eigenvalue weighted by molar-refractivity contribution is 5.74. The van der Waals surface area contributed by atoms with Gasteiger partial charge in [0, 0.05) is 25.7 Å². The summed E-state index contributed by atoms with van der Waals surface area (Å²) in [6.07, 6.45) is 6.28. The van der Waals surface area contributed by atoms with E-state index in [1.54, 1.807) is 0 Å². The molecule has 0 bridgehead atoms. The van der Waals surface area contributed by atoms with Gasteiger partial charge in [-0.3, -0.25) is 0 Å². The van der Waals surface area contributed by atoms with Crippen molar-refractivity contribution in [2.24, 2.45) is 5.92 Å². The molecule has 2 saturated heterocycles. The van der Waals surface area contributed by atoms with Gasteiger partial charge in [-0.2, -0.15) is 0 Å². The summed E-state index contributed by atoms with van der Waals surface area (Å²) in [5.74, 6) is 0.773. The fourth-order valence-corrected chi connectivity index (χ4v) is 3.09. The average molecular weight is 267 g/mol. The Kier molecular flexibility index (Phi) is 5.49. The van der Waals surface area contributed by atoms with Crippen LogP contribution in [0.2, 0.25) is 0 Å². The van der Waals surface area contributed by atoms with E-state index in [2.05, 4.69) is 24.1 Å². The summed E-state index contributed by atoms with van der Waals surface area (Å²) in [6, 6.07) is 0.390. The van der Waals surface area contributed by atoms with E-state index in [4.69, 9.17) is 0 Å². The molecule has 0 radical (unpaired) electrons. The lowest BCUT2D eigenvalue weighted by atomic mass is 10.00. The van der Waals surface area contributed by atoms with E-state index in [0.29, 0.717) is 0 Å². The molecular formula is C15H29N3O. The lowest BCUT2D eigenvalue weighted by molar-refractivity contribution is 0.163. The predicted molar refractivity (Wildman–Crippen MR) is 78.3 cm³/mol. The Morgan fingerprint density at radius 2 is 1.79 bits per heavy atom. The predicted octanol–water partition coefficient (Wildman–Crippen LogP) is 2.30. The third-order valence-electron chi connectivity index (χ3n) is 4.42. The third kappa shape index (κ3) is 4.68. The standard InChI is InChI=1S/C15H29N3O/c1-13-6-10-18(11-7-13)15(19)16-14(2)12-17-8-4-3-5-9-17/h13-14H,3-12H2,1-2H3,(H,16,19). The zero-order chi connectivity index (χ0) is 13.7. The Hall–Kier alpha value is -0.770. The van der Waals surface area contributed by atoms with E-state index in [1.807, 2.05) is 4.90 Å². The number of likely N-dealkylation sites (tertiary alicyclic amines) is 2. The number of nitrogens with one attached hydrogen (secondary N) is 1. The first-order valence-electron chi connectivity index (χ1n) is 7.93. The largest absolute Gasteiger partial charge is 0.334 e. The fourth-order valence-electron chi connectivity index (χ4n) is 3.09. The van der Waals surface area contributed by atoms with Gasteiger partial charge in [-0.15, -0.1) is 0 Å². The van der Waals surface area contributed by atoms with Crippen LogP contribution in [0.15, 0.2) is 0 Å². The molecule has 4 nitrogen and oxygen atoms in total. The fraction of sp³-hybridized carbons (Fsp3) is 0.933. The van der Waals surface area contributed by atoms with E-state index >= 15 is 0 Å². The SMILES string of the molecule is CC1CCN(C(=O)NC(C)CN2CCCCC2)CC1. The lowest BCUT2D eigenvalue weighted by Gasteiger charge is -2.33. The molecule has 2 fully saturated rings. The molecule has 2 aliphatic rings. The third-order valence-corrected chi connectivity index (χ3v) is 4.42. The van der Waals surface area contributed by atoms with Crippen molar-refractivity contribution in [2.45, 2.75) is 52.0 Å². The van der Waals surface area contributed by atoms with Crippen molar-refractivity contribution in [1.29, 1.82) is 0 Å². The number of nitrogens with zero attached hydrogens (tertiary/aromatic N) is 2. The van der Waals surface area contributed by atoms with Crippen molar-refractivity contribution in [3.05, 3.63) is 0 Å². The molecule has 0 spiro atoms. The van der Waals surface area contributed by atoms with Gasteiger partial charge in [-0.1, -0.05) is 13.3 Å². The number of carbonyl (C=O) groups is 1. The molecule has 0 aliphatic carbocycles. The Bertz CT molecular complexity index is 281. The van der Waals surface area contributed by atoms with E-state index in [0.717, 1.165) is 38.4 Å². The maximum atomic E-state index is 12.2. The molecular weight excluding hydrogens is 238 g/mol. The minimum atomic E-state index is 0.136. The Labute approximate surface area is 117 Å². The van der Waals surface area contributed by atoms with Gasteiger partial charge in [-0.05, 0) is 51.6 Å². The van der Waals surface area contributed by atoms with E-state index < -0.39 is 0 Å². The summed E-state index contributed by atoms with van der Waals surface area (Å²) in [6.45, 7) is 9.62. The Balaban J connectivity index is 1.69. The molecule has 110 valence electrons. The first kappa shape index (κ1) is 14.6. The average Bonchev–Trinajstić information content (AvgIpc) is 2.40. The minimum Gasteiger partial charge on any atom is -0.334 e. The second-order valence-corrected chi connectivity index (χ2v) is 6.38. The summed E-state index contributed by atoms with van der Waals surface area (Å²) < 4.78 is 0. The van der Waals surface area contributed by atoms with Crippen molar-refractivity contribution < 1.29 is 4.79 Å². The quantitative estimate of drug-likeness (QED) is 0.851. The van der Waals surface area contributed by atoms with Gasteiger partial charge in [0.1, 0.15) is 0 Å². The van der Waals surface area contributed by atoms with Crippen molar-refractivity contribution in [2.75, 3.05) is 32.7 Å². The van der Waals surface area contributed by atoms with Crippen LogP contribution in [-0.2, 0) is 0 Å². The molecule has 0 aromatic rings. The highest BCUT2D eigenvalue weighted by Crippen LogP contribution is 2.16. The van der Waals surface area contributed by atoms with Crippen LogP contribution in [0, 0.1) is 5.92 Å². The number of carbonyl (C=O) groups excluding carboxylic acids is 1. The molecule has 0 saturated carbocycles. The summed E-state index contributed by atoms with van der Waals surface area (Å²) in [7, 11) is 0. The molecule has 4 heteroatoms. The van der Waals surface area contributed by atoms with Gasteiger partial charge in [0.05, 0.1) is 0 Å². The molecule has 19 heavy (non-hydrogen) atoms. The molecule has 1 unspecified atom stereocenters. The van der Waals surface area contributed by atoms with Crippen LogP contribution < -0.4 is 5.32 Å². The second-order valence-electron chi connectivity index (χ2n) is 6.38. The molecule has 0 aromatic heterocycles. The highest BCUT2D eigenvalue weighted by Gasteiger charge is 2.22. The van der Waals surface area contributed by atoms with Crippen LogP contribution in [-0.4, -0.2) is 54.6 Å². The number of piperidine rings is 2. The molecule has 2 rings (SSSR count). The first-order chi connectivity index (χ1) is 9.15. The highest BCUT2D eigenvalue weighted by atomic mass is 16.2. The van der Waals surface area contributed by atoms with E-state index in [-0.39, 0.29) is 12.1 Å². The van der Waals surface area contributed by atoms with Crippen molar-refractivity contribution in [3.8, 4) is 0 Å². The number of amides is 2. The topological polar surface area (TPSA) is 35.6 Å². The van der Waals surface area contributed by atoms with Gasteiger partial charge >= 0.3 is 6.03 Å². The smallest absolute Gasteiger partial charge is 0.317 e. The van der Waals surface area contributed by atoms with Crippen molar-refractivity contribution in [3.63, 3.8) is 0 Å². The van der Waals surface area contributed by atoms with E-state index in [9.17, 15) is 4.79 Å². The van der Waals surface area contributed by atoms with Crippen LogP contribution in [0.4, 0.5) is 4.79 Å². The van der Waals surface area contributed by atoms with Gasteiger partial charge in [-0.25, -0.2) is 4.79 Å². The molecule has 1 N–H and O–H groups in total. The summed E-state index contributed by atoms with van der Waals surface area (Å²) >= 11 is 0. The summed E-state index contributed by atoms with van der Waals surface area (Å²) in [4.78, 5) is 16.6. The number of urea groups is 1. The van der Waals surface area contributed by atoms with Crippen molar-refractivity contribution >= 4 is 6.03 Å². The minimum absolute atomic E-state index is 0.136. The van der Waals surface area contributed by atoms with E-state index in [1.165, 1.54) is 32.4 Å². The summed E-state index contributed by atoms with van der Waals surface area (Å²) in [5.41, 5.74) is 0. The number of hydrogen-bond donors (Lipinski definition) is 1. The van der Waals surface area contributed by atoms with Crippen LogP contribution in [0.25, 0.3) is 0 Å². The molecule has 0 aromatic carbocycles. The molecule has 2 heterocycles. The van der Waals surface area contributed by atoms with Crippen LogP contribution in [0.3, 0.4) is 0 Å². The van der Waals surface area contributed by atoms with Crippen molar-refractivity contribution in [1.82, 2.24) is 15.1 Å². The molecule has 2 aliphatic heterocycles. The second kappa shape index (κ2) is 7.13. The first-order valence-corrected chi connectivity index (χ1v) is 7.93. The van der Waals surface area contributed by atoms with Crippen LogP contribution >= 0.6 is 0 Å². The van der Waals surface area contributed by atoms with Crippen LogP contribution in [0.1, 0.15) is 46.0 Å². The Morgan fingerprint density at radius 1 is 1.16 bits per heavy atom. The molecule has 2 amide bonds. The number of hydrogen-bond acceptors (Lipinski definition) is 2. The van der Waals surface area contributed by atoms with Crippen LogP contribution in [0.5, 0.6) is 0 Å². The monoisotopic (exact) mass is 267 g/mol. The zero-order valence-electron chi connectivity index (χ0n) is 12.5. The zero-order valence-corrected chi connectivity index (χ0v) is 12.5. The lowest BCUT2D eigenvalue weighted by Crippen LogP contribution is -2.50. The maximum absolute atomic E-state index is 12.2. The van der Waals surface area contributed by atoms with Gasteiger partial charge in [0.15, 0.2) is 0 Å². The Morgan fingerprint density at radius 3 is 2.42 bits per heavy atom. The normalized spacial score (nSPS) is 24.2. The van der Waals surface area contributed by atoms with Gasteiger partial charge in [0.2, 0.25) is 0 Å². The van der Waals surface area contributed by atoms with Gasteiger partial charge in [0.25, 0.3) is 0 Å². The molecule has 1 atom stereocenters. The van der Waals surface area contributed by atoms with Gasteiger partial charge < -0.3 is 15.1 Å². The maximum Gasteiger partial charge on any atom is 0.317 e. The summed E-state index contributed by atoms with van der Waals surface area (Å²) in [5, 5.41) is 3.16. The number of rotatable bonds is 3.